The second-order valence-electron chi connectivity index (χ2n) is 2.80. The van der Waals surface area contributed by atoms with E-state index >= 15 is 0 Å². The largest absolute Gasteiger partial charge is 0.241 e. The van der Waals surface area contributed by atoms with Crippen LogP contribution in [-0.2, 0) is 6.42 Å². The molecule has 0 bridgehead atoms. The number of nitrogens with zero attached hydrogens (tertiary/aromatic N) is 2. The van der Waals surface area contributed by atoms with Crippen molar-refractivity contribution in [2.75, 3.05) is 0 Å². The Labute approximate surface area is 78.0 Å². The maximum atomic E-state index is 5.92. The Morgan fingerprint density at radius 1 is 1.58 bits per heavy atom. The summed E-state index contributed by atoms with van der Waals surface area (Å²) in [5.41, 5.74) is 2.01. The Bertz CT molecular complexity index is 271. The van der Waals surface area contributed by atoms with E-state index in [9.17, 15) is 0 Å². The molecule has 0 saturated carbocycles. The molecule has 0 aliphatic carbocycles. The zero-order valence-electron chi connectivity index (χ0n) is 7.63. The second-order valence-corrected chi connectivity index (χ2v) is 3.45. The summed E-state index contributed by atoms with van der Waals surface area (Å²) in [6, 6.07) is 0. The van der Waals surface area contributed by atoms with Crippen LogP contribution in [-0.4, -0.2) is 9.97 Å². The van der Waals surface area contributed by atoms with E-state index in [1.807, 2.05) is 27.0 Å². The number of aryl methyl sites for hydroxylation is 2. The Morgan fingerprint density at radius 3 is 2.67 bits per heavy atom. The first kappa shape index (κ1) is 9.46. The topological polar surface area (TPSA) is 25.8 Å². The molecule has 1 aromatic heterocycles. The molecule has 1 atom stereocenters. The third-order valence-electron chi connectivity index (χ3n) is 1.81. The zero-order valence-corrected chi connectivity index (χ0v) is 8.39. The van der Waals surface area contributed by atoms with Crippen LogP contribution >= 0.6 is 11.6 Å². The number of rotatable bonds is 2. The van der Waals surface area contributed by atoms with Gasteiger partial charge in [0.2, 0.25) is 0 Å². The lowest BCUT2D eigenvalue weighted by Crippen LogP contribution is -2.00. The van der Waals surface area contributed by atoms with E-state index in [1.54, 1.807) is 0 Å². The Kier molecular flexibility index (Phi) is 3.04. The van der Waals surface area contributed by atoms with Gasteiger partial charge >= 0.3 is 0 Å². The molecule has 0 saturated heterocycles. The van der Waals surface area contributed by atoms with Crippen molar-refractivity contribution in [2.24, 2.45) is 0 Å². The average molecular weight is 185 g/mol. The summed E-state index contributed by atoms with van der Waals surface area (Å²) in [7, 11) is 0. The molecule has 1 unspecified atom stereocenters. The smallest absolute Gasteiger partial charge is 0.128 e. The molecule has 66 valence electrons. The van der Waals surface area contributed by atoms with Gasteiger partial charge in [0, 0.05) is 23.9 Å². The molecule has 1 rings (SSSR count). The van der Waals surface area contributed by atoms with E-state index in [4.69, 9.17) is 11.6 Å². The molecular formula is C9H13ClN2. The minimum absolute atomic E-state index is 0.00379. The molecular weight excluding hydrogens is 172 g/mol. The number of halogens is 1. The predicted molar refractivity (Wildman–Crippen MR) is 50.4 cm³/mol. The molecule has 0 radical (unpaired) electrons. The summed E-state index contributed by atoms with van der Waals surface area (Å²) in [5, 5.41) is -0.00379. The summed E-state index contributed by atoms with van der Waals surface area (Å²) in [5.74, 6) is 0.883. The third-order valence-corrected chi connectivity index (χ3v) is 2.05. The molecule has 1 heterocycles. The molecule has 0 aliphatic heterocycles. The van der Waals surface area contributed by atoms with Crippen LogP contribution in [0.4, 0.5) is 0 Å². The number of alkyl halides is 1. The standard InChI is InChI=1S/C9H13ClN2/c1-4-9-11-5-8(6(2)10)7(3)12-9/h5-6H,4H2,1-3H3. The van der Waals surface area contributed by atoms with Crippen LogP contribution in [0.1, 0.15) is 36.3 Å². The highest BCUT2D eigenvalue weighted by atomic mass is 35.5. The van der Waals surface area contributed by atoms with Gasteiger partial charge in [0.25, 0.3) is 0 Å². The first-order valence-corrected chi connectivity index (χ1v) is 4.55. The monoisotopic (exact) mass is 184 g/mol. The van der Waals surface area contributed by atoms with Crippen molar-refractivity contribution < 1.29 is 0 Å². The average Bonchev–Trinajstić information content (AvgIpc) is 2.03. The van der Waals surface area contributed by atoms with Crippen LogP contribution in [0.25, 0.3) is 0 Å². The van der Waals surface area contributed by atoms with Gasteiger partial charge in [0.05, 0.1) is 5.38 Å². The minimum Gasteiger partial charge on any atom is -0.241 e. The summed E-state index contributed by atoms with van der Waals surface area (Å²) in [6.07, 6.45) is 2.69. The van der Waals surface area contributed by atoms with Gasteiger partial charge in [-0.1, -0.05) is 6.92 Å². The predicted octanol–water partition coefficient (Wildman–Crippen LogP) is 2.65. The molecule has 0 amide bonds. The van der Waals surface area contributed by atoms with Crippen molar-refractivity contribution in [1.29, 1.82) is 0 Å². The summed E-state index contributed by atoms with van der Waals surface area (Å²) < 4.78 is 0. The summed E-state index contributed by atoms with van der Waals surface area (Å²) >= 11 is 5.92. The SMILES string of the molecule is CCc1ncc(C(C)Cl)c(C)n1. The molecule has 2 nitrogen and oxygen atoms in total. The molecule has 1 aromatic rings. The fraction of sp³-hybridized carbons (Fsp3) is 0.556. The van der Waals surface area contributed by atoms with Crippen LogP contribution in [0.15, 0.2) is 6.20 Å². The highest BCUT2D eigenvalue weighted by molar-refractivity contribution is 6.20. The maximum Gasteiger partial charge on any atom is 0.128 e. The van der Waals surface area contributed by atoms with E-state index in [1.165, 1.54) is 0 Å². The van der Waals surface area contributed by atoms with Gasteiger partial charge in [-0.2, -0.15) is 0 Å². The van der Waals surface area contributed by atoms with Crippen LogP contribution in [0.5, 0.6) is 0 Å². The van der Waals surface area contributed by atoms with Crippen LogP contribution < -0.4 is 0 Å². The Balaban J connectivity index is 3.03. The van der Waals surface area contributed by atoms with Gasteiger partial charge in [-0.05, 0) is 13.8 Å². The fourth-order valence-corrected chi connectivity index (χ4v) is 1.30. The first-order chi connectivity index (χ1) is 5.65. The van der Waals surface area contributed by atoms with Crippen molar-refractivity contribution in [3.05, 3.63) is 23.3 Å². The van der Waals surface area contributed by atoms with Gasteiger partial charge in [-0.15, -0.1) is 11.6 Å². The molecule has 0 N–H and O–H groups in total. The molecule has 0 fully saturated rings. The summed E-state index contributed by atoms with van der Waals surface area (Å²) in [6.45, 7) is 5.94. The lowest BCUT2D eigenvalue weighted by Gasteiger charge is -2.06. The van der Waals surface area contributed by atoms with Gasteiger partial charge in [0.1, 0.15) is 5.82 Å². The van der Waals surface area contributed by atoms with Crippen molar-refractivity contribution in [2.45, 2.75) is 32.6 Å². The normalized spacial score (nSPS) is 13.0. The number of aromatic nitrogens is 2. The molecule has 12 heavy (non-hydrogen) atoms. The van der Waals surface area contributed by atoms with Gasteiger partial charge in [-0.3, -0.25) is 0 Å². The van der Waals surface area contributed by atoms with Crippen molar-refractivity contribution in [3.8, 4) is 0 Å². The quantitative estimate of drug-likeness (QED) is 0.661. The highest BCUT2D eigenvalue weighted by Crippen LogP contribution is 2.20. The lowest BCUT2D eigenvalue weighted by atomic mass is 10.2. The van der Waals surface area contributed by atoms with Gasteiger partial charge in [-0.25, -0.2) is 9.97 Å². The highest BCUT2D eigenvalue weighted by Gasteiger charge is 2.06. The zero-order chi connectivity index (χ0) is 9.14. The maximum absolute atomic E-state index is 5.92. The van der Waals surface area contributed by atoms with E-state index < -0.39 is 0 Å². The third kappa shape index (κ3) is 1.95. The van der Waals surface area contributed by atoms with Crippen molar-refractivity contribution in [3.63, 3.8) is 0 Å². The Hall–Kier alpha value is -0.630. The minimum atomic E-state index is -0.00379. The van der Waals surface area contributed by atoms with E-state index in [0.717, 1.165) is 23.5 Å². The second kappa shape index (κ2) is 3.85. The summed E-state index contributed by atoms with van der Waals surface area (Å²) in [4.78, 5) is 8.50. The van der Waals surface area contributed by atoms with Crippen molar-refractivity contribution in [1.82, 2.24) is 9.97 Å². The van der Waals surface area contributed by atoms with Gasteiger partial charge in [0.15, 0.2) is 0 Å². The molecule has 3 heteroatoms. The van der Waals surface area contributed by atoms with Crippen LogP contribution in [0.3, 0.4) is 0 Å². The molecule has 0 aromatic carbocycles. The molecule has 0 aliphatic rings. The lowest BCUT2D eigenvalue weighted by molar-refractivity contribution is 0.879. The molecule has 0 spiro atoms. The first-order valence-electron chi connectivity index (χ1n) is 4.11. The van der Waals surface area contributed by atoms with Gasteiger partial charge < -0.3 is 0 Å². The van der Waals surface area contributed by atoms with Crippen LogP contribution in [0, 0.1) is 6.92 Å². The van der Waals surface area contributed by atoms with E-state index in [0.29, 0.717) is 0 Å². The number of hydrogen-bond acceptors (Lipinski definition) is 2. The van der Waals surface area contributed by atoms with E-state index in [2.05, 4.69) is 9.97 Å². The fourth-order valence-electron chi connectivity index (χ4n) is 1.09. The van der Waals surface area contributed by atoms with E-state index in [-0.39, 0.29) is 5.38 Å². The Morgan fingerprint density at radius 2 is 2.25 bits per heavy atom. The van der Waals surface area contributed by atoms with Crippen LogP contribution in [0.2, 0.25) is 0 Å². The number of hydrogen-bond donors (Lipinski definition) is 0. The van der Waals surface area contributed by atoms with Crippen molar-refractivity contribution >= 4 is 11.6 Å².